The van der Waals surface area contributed by atoms with Crippen molar-refractivity contribution in [3.05, 3.63) is 23.8 Å². The Balaban J connectivity index is 1.55. The third-order valence-corrected chi connectivity index (χ3v) is 5.99. The van der Waals surface area contributed by atoms with Crippen LogP contribution in [-0.4, -0.2) is 67.3 Å². The van der Waals surface area contributed by atoms with Gasteiger partial charge < -0.3 is 19.5 Å². The van der Waals surface area contributed by atoms with Crippen LogP contribution in [0.15, 0.2) is 18.2 Å². The van der Waals surface area contributed by atoms with Gasteiger partial charge in [-0.15, -0.1) is 0 Å². The lowest BCUT2D eigenvalue weighted by atomic mass is 9.81. The van der Waals surface area contributed by atoms with Crippen molar-refractivity contribution in [1.29, 1.82) is 0 Å². The van der Waals surface area contributed by atoms with Crippen LogP contribution in [0.1, 0.15) is 31.7 Å². The van der Waals surface area contributed by atoms with E-state index in [2.05, 4.69) is 11.8 Å². The number of benzene rings is 1. The molecular weight excluding hydrogens is 344 g/mol. The molecule has 0 unspecified atom stereocenters. The van der Waals surface area contributed by atoms with E-state index < -0.39 is 0 Å². The summed E-state index contributed by atoms with van der Waals surface area (Å²) in [6, 6.07) is 5.49. The lowest BCUT2D eigenvalue weighted by Gasteiger charge is -2.39. The predicted octanol–water partition coefficient (Wildman–Crippen LogP) is 2.50. The second kappa shape index (κ2) is 9.42. The Kier molecular flexibility index (Phi) is 6.96. The number of piperidine rings is 1. The van der Waals surface area contributed by atoms with E-state index in [1.54, 1.807) is 13.2 Å². The van der Waals surface area contributed by atoms with Crippen molar-refractivity contribution >= 4 is 5.91 Å². The van der Waals surface area contributed by atoms with E-state index in [0.29, 0.717) is 37.2 Å². The minimum Gasteiger partial charge on any atom is -0.507 e. The Labute approximate surface area is 162 Å². The van der Waals surface area contributed by atoms with Gasteiger partial charge in [0.25, 0.3) is 0 Å². The molecule has 2 aliphatic rings. The van der Waals surface area contributed by atoms with E-state index in [0.717, 1.165) is 51.1 Å². The van der Waals surface area contributed by atoms with Gasteiger partial charge in [0.05, 0.1) is 20.3 Å². The van der Waals surface area contributed by atoms with Gasteiger partial charge in [-0.25, -0.2) is 0 Å². The fourth-order valence-corrected chi connectivity index (χ4v) is 4.24. The van der Waals surface area contributed by atoms with Crippen LogP contribution in [0.5, 0.6) is 11.5 Å². The van der Waals surface area contributed by atoms with Crippen molar-refractivity contribution in [1.82, 2.24) is 9.80 Å². The summed E-state index contributed by atoms with van der Waals surface area (Å²) in [6.07, 6.45) is 2.76. The fourth-order valence-electron chi connectivity index (χ4n) is 4.24. The average Bonchev–Trinajstić information content (AvgIpc) is 2.71. The number of aromatic hydroxyl groups is 1. The van der Waals surface area contributed by atoms with E-state index in [1.807, 2.05) is 17.0 Å². The number of phenols is 1. The van der Waals surface area contributed by atoms with Gasteiger partial charge in [0.15, 0.2) is 0 Å². The van der Waals surface area contributed by atoms with Crippen LogP contribution in [0.4, 0.5) is 0 Å². The molecule has 0 bridgehead atoms. The molecule has 2 fully saturated rings. The second-order valence-corrected chi connectivity index (χ2v) is 7.64. The zero-order chi connectivity index (χ0) is 19.2. The van der Waals surface area contributed by atoms with Gasteiger partial charge in [0.1, 0.15) is 11.5 Å². The van der Waals surface area contributed by atoms with Crippen LogP contribution in [0, 0.1) is 11.8 Å². The molecule has 2 heterocycles. The van der Waals surface area contributed by atoms with Crippen molar-refractivity contribution in [2.45, 2.75) is 32.7 Å². The number of amides is 1. The third kappa shape index (κ3) is 5.14. The Hall–Kier alpha value is -1.79. The first-order valence-electron chi connectivity index (χ1n) is 10.0. The van der Waals surface area contributed by atoms with Gasteiger partial charge >= 0.3 is 0 Å². The third-order valence-electron chi connectivity index (χ3n) is 5.99. The highest BCUT2D eigenvalue weighted by molar-refractivity contribution is 5.76. The molecule has 6 nitrogen and oxygen atoms in total. The molecule has 0 spiro atoms. The maximum atomic E-state index is 12.6. The van der Waals surface area contributed by atoms with E-state index in [-0.39, 0.29) is 11.7 Å². The Morgan fingerprint density at radius 3 is 2.70 bits per heavy atom. The molecule has 150 valence electrons. The lowest BCUT2D eigenvalue weighted by molar-refractivity contribution is -0.137. The van der Waals surface area contributed by atoms with E-state index in [9.17, 15) is 9.90 Å². The summed E-state index contributed by atoms with van der Waals surface area (Å²) in [5.74, 6) is 2.20. The molecule has 2 saturated heterocycles. The molecule has 3 rings (SSSR count). The Bertz CT molecular complexity index is 631. The molecule has 0 aliphatic carbocycles. The summed E-state index contributed by atoms with van der Waals surface area (Å²) >= 11 is 0. The van der Waals surface area contributed by atoms with Gasteiger partial charge in [0.2, 0.25) is 5.91 Å². The topological polar surface area (TPSA) is 62.2 Å². The largest absolute Gasteiger partial charge is 0.507 e. The number of hydrogen-bond donors (Lipinski definition) is 1. The van der Waals surface area contributed by atoms with Crippen LogP contribution in [0.25, 0.3) is 0 Å². The monoisotopic (exact) mass is 376 g/mol. The minimum atomic E-state index is 0.281. The average molecular weight is 376 g/mol. The Morgan fingerprint density at radius 2 is 2.04 bits per heavy atom. The zero-order valence-corrected chi connectivity index (χ0v) is 16.5. The number of ether oxygens (including phenoxy) is 2. The second-order valence-electron chi connectivity index (χ2n) is 7.64. The summed E-state index contributed by atoms with van der Waals surface area (Å²) in [6.45, 7) is 7.66. The highest BCUT2D eigenvalue weighted by Gasteiger charge is 2.31. The number of morpholine rings is 1. The number of methoxy groups -OCH3 is 1. The quantitative estimate of drug-likeness (QED) is 0.827. The lowest BCUT2D eigenvalue weighted by Crippen LogP contribution is -2.44. The zero-order valence-electron chi connectivity index (χ0n) is 16.5. The number of carbonyl (C=O) groups excluding carboxylic acids is 1. The SMILES string of the molecule is CC[C@H]1CN(Cc2ccc(OC)cc2O)CC[C@H]1CC(=O)N1CCOCC1. The first kappa shape index (κ1) is 20.0. The van der Waals surface area contributed by atoms with E-state index >= 15 is 0 Å². The number of nitrogens with zero attached hydrogens (tertiary/aromatic N) is 2. The normalized spacial score (nSPS) is 24.0. The molecular formula is C21H32N2O4. The molecule has 0 aromatic heterocycles. The molecule has 1 aromatic carbocycles. The highest BCUT2D eigenvalue weighted by Crippen LogP contribution is 2.32. The minimum absolute atomic E-state index is 0.281. The van der Waals surface area contributed by atoms with Gasteiger partial charge in [-0.2, -0.15) is 0 Å². The van der Waals surface area contributed by atoms with E-state index in [4.69, 9.17) is 9.47 Å². The van der Waals surface area contributed by atoms with Crippen molar-refractivity contribution in [3.8, 4) is 11.5 Å². The number of rotatable bonds is 6. The summed E-state index contributed by atoms with van der Waals surface area (Å²) in [4.78, 5) is 17.0. The number of likely N-dealkylation sites (tertiary alicyclic amines) is 1. The van der Waals surface area contributed by atoms with Gasteiger partial charge in [-0.3, -0.25) is 9.69 Å². The molecule has 2 aliphatic heterocycles. The van der Waals surface area contributed by atoms with Crippen LogP contribution in [-0.2, 0) is 16.1 Å². The summed E-state index contributed by atoms with van der Waals surface area (Å²) in [5.41, 5.74) is 0.925. The predicted molar refractivity (Wildman–Crippen MR) is 104 cm³/mol. The van der Waals surface area contributed by atoms with E-state index in [1.165, 1.54) is 0 Å². The number of hydrogen-bond acceptors (Lipinski definition) is 5. The molecule has 1 amide bonds. The first-order valence-corrected chi connectivity index (χ1v) is 10.0. The molecule has 2 atom stereocenters. The molecule has 27 heavy (non-hydrogen) atoms. The van der Waals surface area contributed by atoms with Gasteiger partial charge in [-0.1, -0.05) is 19.4 Å². The van der Waals surface area contributed by atoms with Gasteiger partial charge in [-0.05, 0) is 30.9 Å². The van der Waals surface area contributed by atoms with Crippen molar-refractivity contribution in [2.75, 3.05) is 46.5 Å². The standard InChI is InChI=1S/C21H32N2O4/c1-3-16-14-22(15-18-4-5-19(26-2)13-20(18)24)7-6-17(16)12-21(25)23-8-10-27-11-9-23/h4-5,13,16-17,24H,3,6-12,14-15H2,1-2H3/t16-,17-/m0/s1. The van der Waals surface area contributed by atoms with Gasteiger partial charge in [0, 0.05) is 44.2 Å². The number of phenolic OH excluding ortho intramolecular Hbond substituents is 1. The van der Waals surface area contributed by atoms with Crippen LogP contribution < -0.4 is 4.74 Å². The highest BCUT2D eigenvalue weighted by atomic mass is 16.5. The van der Waals surface area contributed by atoms with Crippen LogP contribution in [0.3, 0.4) is 0 Å². The molecule has 6 heteroatoms. The summed E-state index contributed by atoms with van der Waals surface area (Å²) in [5, 5.41) is 10.2. The molecule has 0 saturated carbocycles. The maximum Gasteiger partial charge on any atom is 0.223 e. The summed E-state index contributed by atoms with van der Waals surface area (Å²) in [7, 11) is 1.60. The van der Waals surface area contributed by atoms with Crippen LogP contribution in [0.2, 0.25) is 0 Å². The maximum absolute atomic E-state index is 12.6. The molecule has 1 aromatic rings. The molecule has 1 N–H and O–H groups in total. The summed E-state index contributed by atoms with van der Waals surface area (Å²) < 4.78 is 10.5. The smallest absolute Gasteiger partial charge is 0.223 e. The Morgan fingerprint density at radius 1 is 1.26 bits per heavy atom. The van der Waals surface area contributed by atoms with Crippen molar-refractivity contribution in [3.63, 3.8) is 0 Å². The number of carbonyl (C=O) groups is 1. The van der Waals surface area contributed by atoms with Crippen molar-refractivity contribution < 1.29 is 19.4 Å². The first-order chi connectivity index (χ1) is 13.1. The molecule has 0 radical (unpaired) electrons. The van der Waals surface area contributed by atoms with Crippen molar-refractivity contribution in [2.24, 2.45) is 11.8 Å². The van der Waals surface area contributed by atoms with Crippen LogP contribution >= 0.6 is 0 Å². The fraction of sp³-hybridized carbons (Fsp3) is 0.667.